The summed E-state index contributed by atoms with van der Waals surface area (Å²) in [5, 5.41) is 3.60. The Kier molecular flexibility index (Phi) is 5.72. The van der Waals surface area contributed by atoms with Gasteiger partial charge in [0.25, 0.3) is 0 Å². The SMILES string of the molecule is COc1cc(C)nc(CNC(C)CC(C)Cl)c1. The van der Waals surface area contributed by atoms with Crippen LogP contribution in [0.15, 0.2) is 12.1 Å². The highest BCUT2D eigenvalue weighted by Gasteiger charge is 2.07. The molecule has 0 aromatic carbocycles. The molecular formula is C13H21ClN2O. The van der Waals surface area contributed by atoms with Gasteiger partial charge < -0.3 is 10.1 Å². The number of ether oxygens (including phenoxy) is 1. The number of aryl methyl sites for hydroxylation is 1. The summed E-state index contributed by atoms with van der Waals surface area (Å²) in [7, 11) is 1.67. The third kappa shape index (κ3) is 5.37. The molecule has 1 aromatic rings. The monoisotopic (exact) mass is 256 g/mol. The van der Waals surface area contributed by atoms with Gasteiger partial charge in [-0.25, -0.2) is 0 Å². The van der Waals surface area contributed by atoms with E-state index < -0.39 is 0 Å². The van der Waals surface area contributed by atoms with Crippen LogP contribution >= 0.6 is 11.6 Å². The normalized spacial score (nSPS) is 14.4. The number of aromatic nitrogens is 1. The van der Waals surface area contributed by atoms with Crippen LogP contribution in [0.5, 0.6) is 5.75 Å². The van der Waals surface area contributed by atoms with Crippen molar-refractivity contribution in [3.63, 3.8) is 0 Å². The number of hydrogen-bond acceptors (Lipinski definition) is 3. The topological polar surface area (TPSA) is 34.1 Å². The minimum absolute atomic E-state index is 0.192. The van der Waals surface area contributed by atoms with Crippen molar-refractivity contribution in [3.8, 4) is 5.75 Å². The molecule has 0 fully saturated rings. The molecule has 0 aliphatic carbocycles. The molecule has 2 unspecified atom stereocenters. The van der Waals surface area contributed by atoms with Crippen molar-refractivity contribution in [3.05, 3.63) is 23.5 Å². The first-order chi connectivity index (χ1) is 8.01. The van der Waals surface area contributed by atoms with Crippen LogP contribution in [0.25, 0.3) is 0 Å². The fraction of sp³-hybridized carbons (Fsp3) is 0.615. The van der Waals surface area contributed by atoms with Crippen LogP contribution in [0.4, 0.5) is 0 Å². The van der Waals surface area contributed by atoms with Gasteiger partial charge in [-0.15, -0.1) is 11.6 Å². The Bertz CT molecular complexity index is 355. The van der Waals surface area contributed by atoms with E-state index in [9.17, 15) is 0 Å². The molecule has 1 N–H and O–H groups in total. The largest absolute Gasteiger partial charge is 0.497 e. The summed E-state index contributed by atoms with van der Waals surface area (Å²) in [6, 6.07) is 4.26. The first kappa shape index (κ1) is 14.3. The van der Waals surface area contributed by atoms with E-state index in [0.29, 0.717) is 6.04 Å². The van der Waals surface area contributed by atoms with E-state index >= 15 is 0 Å². The van der Waals surface area contributed by atoms with Gasteiger partial charge >= 0.3 is 0 Å². The maximum atomic E-state index is 5.95. The third-order valence-electron chi connectivity index (χ3n) is 2.53. The molecule has 17 heavy (non-hydrogen) atoms. The Morgan fingerprint density at radius 1 is 1.41 bits per heavy atom. The predicted molar refractivity (Wildman–Crippen MR) is 71.8 cm³/mol. The molecule has 96 valence electrons. The molecule has 0 saturated heterocycles. The van der Waals surface area contributed by atoms with E-state index in [1.807, 2.05) is 26.0 Å². The summed E-state index contributed by atoms with van der Waals surface area (Å²) in [4.78, 5) is 4.46. The van der Waals surface area contributed by atoms with Crippen molar-refractivity contribution < 1.29 is 4.74 Å². The zero-order valence-corrected chi connectivity index (χ0v) is 11.7. The second-order valence-corrected chi connectivity index (χ2v) is 5.18. The number of methoxy groups -OCH3 is 1. The first-order valence-electron chi connectivity index (χ1n) is 5.90. The summed E-state index contributed by atoms with van der Waals surface area (Å²) < 4.78 is 5.22. The number of rotatable bonds is 6. The minimum atomic E-state index is 0.192. The molecule has 1 heterocycles. The molecule has 3 nitrogen and oxygen atoms in total. The Balaban J connectivity index is 2.54. The molecule has 0 aliphatic heterocycles. The van der Waals surface area contributed by atoms with Gasteiger partial charge in [0.2, 0.25) is 0 Å². The molecular weight excluding hydrogens is 236 g/mol. The van der Waals surface area contributed by atoms with Gasteiger partial charge in [-0.3, -0.25) is 4.98 Å². The Labute approximate surface area is 109 Å². The van der Waals surface area contributed by atoms with E-state index in [2.05, 4.69) is 17.2 Å². The van der Waals surface area contributed by atoms with E-state index in [4.69, 9.17) is 16.3 Å². The van der Waals surface area contributed by atoms with Crippen LogP contribution in [0.1, 0.15) is 31.7 Å². The Morgan fingerprint density at radius 2 is 2.12 bits per heavy atom. The fourth-order valence-corrected chi connectivity index (χ4v) is 2.03. The van der Waals surface area contributed by atoms with Gasteiger partial charge in [0.1, 0.15) is 5.75 Å². The van der Waals surface area contributed by atoms with Gasteiger partial charge in [-0.1, -0.05) is 0 Å². The maximum Gasteiger partial charge on any atom is 0.122 e. The standard InChI is InChI=1S/C13H21ClN2O/c1-9(14)5-10(2)15-8-12-7-13(17-4)6-11(3)16-12/h6-7,9-10,15H,5,8H2,1-4H3. The smallest absolute Gasteiger partial charge is 0.122 e. The van der Waals surface area contributed by atoms with Crippen LogP contribution in [-0.4, -0.2) is 23.5 Å². The average molecular weight is 257 g/mol. The van der Waals surface area contributed by atoms with Crippen LogP contribution in [0, 0.1) is 6.92 Å². The van der Waals surface area contributed by atoms with Crippen LogP contribution in [0.3, 0.4) is 0 Å². The number of nitrogens with one attached hydrogen (secondary N) is 1. The summed E-state index contributed by atoms with van der Waals surface area (Å²) >= 11 is 5.95. The molecule has 4 heteroatoms. The fourth-order valence-electron chi connectivity index (χ4n) is 1.76. The Morgan fingerprint density at radius 3 is 2.71 bits per heavy atom. The van der Waals surface area contributed by atoms with E-state index in [1.165, 1.54) is 0 Å². The highest BCUT2D eigenvalue weighted by atomic mass is 35.5. The second kappa shape index (κ2) is 6.82. The van der Waals surface area contributed by atoms with Crippen molar-refractivity contribution >= 4 is 11.6 Å². The average Bonchev–Trinajstić information content (AvgIpc) is 2.24. The van der Waals surface area contributed by atoms with Crippen molar-refractivity contribution in [2.24, 2.45) is 0 Å². The van der Waals surface area contributed by atoms with Crippen LogP contribution in [0.2, 0.25) is 0 Å². The molecule has 2 atom stereocenters. The lowest BCUT2D eigenvalue weighted by Crippen LogP contribution is -2.28. The molecule has 0 bridgehead atoms. The minimum Gasteiger partial charge on any atom is -0.497 e. The molecule has 0 spiro atoms. The van der Waals surface area contributed by atoms with Crippen molar-refractivity contribution in [2.45, 2.75) is 45.2 Å². The number of alkyl halides is 1. The third-order valence-corrected chi connectivity index (χ3v) is 2.70. The van der Waals surface area contributed by atoms with Gasteiger partial charge in [-0.05, 0) is 27.2 Å². The zero-order valence-electron chi connectivity index (χ0n) is 11.0. The first-order valence-corrected chi connectivity index (χ1v) is 6.34. The van der Waals surface area contributed by atoms with Gasteiger partial charge in [0, 0.05) is 35.8 Å². The molecule has 1 aromatic heterocycles. The lowest BCUT2D eigenvalue weighted by molar-refractivity contribution is 0.412. The lowest BCUT2D eigenvalue weighted by atomic mass is 10.2. The summed E-state index contributed by atoms with van der Waals surface area (Å²) in [5.74, 6) is 0.854. The summed E-state index contributed by atoms with van der Waals surface area (Å²) in [6.07, 6.45) is 0.949. The number of pyridine rings is 1. The lowest BCUT2D eigenvalue weighted by Gasteiger charge is -2.15. The summed E-state index contributed by atoms with van der Waals surface area (Å²) in [5.41, 5.74) is 1.97. The van der Waals surface area contributed by atoms with Crippen LogP contribution in [-0.2, 0) is 6.54 Å². The summed E-state index contributed by atoms with van der Waals surface area (Å²) in [6.45, 7) is 6.85. The number of nitrogens with zero attached hydrogens (tertiary/aromatic N) is 1. The number of halogens is 1. The highest BCUT2D eigenvalue weighted by molar-refractivity contribution is 6.20. The molecule has 0 radical (unpaired) electrons. The molecule has 0 saturated carbocycles. The van der Waals surface area contributed by atoms with Gasteiger partial charge in [0.05, 0.1) is 12.8 Å². The van der Waals surface area contributed by atoms with Gasteiger partial charge in [0.15, 0.2) is 0 Å². The Hall–Kier alpha value is -0.800. The van der Waals surface area contributed by atoms with Crippen LogP contribution < -0.4 is 10.1 Å². The van der Waals surface area contributed by atoms with Crippen molar-refractivity contribution in [1.29, 1.82) is 0 Å². The zero-order chi connectivity index (χ0) is 12.8. The van der Waals surface area contributed by atoms with Gasteiger partial charge in [-0.2, -0.15) is 0 Å². The molecule has 0 aliphatic rings. The van der Waals surface area contributed by atoms with E-state index in [0.717, 1.165) is 30.1 Å². The molecule has 1 rings (SSSR count). The van der Waals surface area contributed by atoms with Crippen molar-refractivity contribution in [1.82, 2.24) is 10.3 Å². The highest BCUT2D eigenvalue weighted by Crippen LogP contribution is 2.13. The van der Waals surface area contributed by atoms with Crippen molar-refractivity contribution in [2.75, 3.05) is 7.11 Å². The predicted octanol–water partition coefficient (Wildman–Crippen LogP) is 2.89. The second-order valence-electron chi connectivity index (χ2n) is 4.44. The molecule has 0 amide bonds. The number of hydrogen-bond donors (Lipinski definition) is 1. The maximum absolute atomic E-state index is 5.95. The quantitative estimate of drug-likeness (QED) is 0.795. The van der Waals surface area contributed by atoms with E-state index in [1.54, 1.807) is 7.11 Å². The van der Waals surface area contributed by atoms with E-state index in [-0.39, 0.29) is 5.38 Å².